The van der Waals surface area contributed by atoms with E-state index in [0.29, 0.717) is 6.42 Å². The molecule has 156 valence electrons. The Bertz CT molecular complexity index is 978. The zero-order valence-corrected chi connectivity index (χ0v) is 17.7. The molecule has 0 aliphatic carbocycles. The average molecular weight is 403 g/mol. The molecule has 30 heavy (non-hydrogen) atoms. The molecule has 4 heteroatoms. The van der Waals surface area contributed by atoms with E-state index in [-0.39, 0.29) is 5.91 Å². The number of aryl methyl sites for hydroxylation is 1. The van der Waals surface area contributed by atoms with E-state index < -0.39 is 0 Å². The van der Waals surface area contributed by atoms with Gasteiger partial charge in [-0.2, -0.15) is 0 Å². The fourth-order valence-electron chi connectivity index (χ4n) is 4.25. The van der Waals surface area contributed by atoms with Crippen LogP contribution < -0.4 is 4.74 Å². The molecule has 1 amide bonds. The number of carbonyl (C=O) groups excluding carboxylic acids is 1. The third-order valence-electron chi connectivity index (χ3n) is 6.00. The van der Waals surface area contributed by atoms with Crippen molar-refractivity contribution in [1.29, 1.82) is 0 Å². The highest BCUT2D eigenvalue weighted by Crippen LogP contribution is 2.21. The van der Waals surface area contributed by atoms with Crippen LogP contribution in [-0.2, 0) is 17.8 Å². The van der Waals surface area contributed by atoms with Crippen LogP contribution in [0.3, 0.4) is 0 Å². The largest absolute Gasteiger partial charge is 0.497 e. The number of rotatable bonds is 6. The van der Waals surface area contributed by atoms with Gasteiger partial charge < -0.3 is 9.64 Å². The molecule has 0 bridgehead atoms. The number of amides is 1. The second kappa shape index (κ2) is 9.77. The van der Waals surface area contributed by atoms with Gasteiger partial charge in [-0.1, -0.05) is 54.6 Å². The summed E-state index contributed by atoms with van der Waals surface area (Å²) in [6.07, 6.45) is 2.37. The summed E-state index contributed by atoms with van der Waals surface area (Å²) in [5, 5.41) is 2.62. The number of methoxy groups -OCH3 is 1. The molecule has 1 aliphatic rings. The Morgan fingerprint density at radius 1 is 0.900 bits per heavy atom. The molecular weight excluding hydrogens is 372 g/mol. The maximum atomic E-state index is 12.8. The van der Waals surface area contributed by atoms with Crippen molar-refractivity contribution in [1.82, 2.24) is 9.80 Å². The number of carbonyl (C=O) groups is 1. The van der Waals surface area contributed by atoms with Gasteiger partial charge in [-0.3, -0.25) is 9.69 Å². The van der Waals surface area contributed by atoms with Crippen LogP contribution in [0.4, 0.5) is 0 Å². The first-order valence-corrected chi connectivity index (χ1v) is 10.8. The minimum Gasteiger partial charge on any atom is -0.497 e. The summed E-state index contributed by atoms with van der Waals surface area (Å²) in [6, 6.07) is 23.1. The molecule has 3 aromatic rings. The molecule has 0 unspecified atom stereocenters. The summed E-state index contributed by atoms with van der Waals surface area (Å²) < 4.78 is 5.20. The maximum absolute atomic E-state index is 12.8. The van der Waals surface area contributed by atoms with E-state index in [2.05, 4.69) is 47.4 Å². The van der Waals surface area contributed by atoms with Gasteiger partial charge in [0.1, 0.15) is 5.75 Å². The predicted octanol–water partition coefficient (Wildman–Crippen LogP) is 4.52. The molecule has 0 aromatic heterocycles. The van der Waals surface area contributed by atoms with Crippen molar-refractivity contribution in [3.63, 3.8) is 0 Å². The van der Waals surface area contributed by atoms with E-state index in [1.54, 1.807) is 7.11 Å². The Morgan fingerprint density at radius 3 is 2.53 bits per heavy atom. The molecule has 1 heterocycles. The summed E-state index contributed by atoms with van der Waals surface area (Å²) in [5.41, 5.74) is 2.55. The van der Waals surface area contributed by atoms with Crippen molar-refractivity contribution >= 4 is 16.7 Å². The molecular formula is C26H30N2O2. The molecule has 4 nitrogen and oxygen atoms in total. The van der Waals surface area contributed by atoms with E-state index >= 15 is 0 Å². The first-order valence-electron chi connectivity index (χ1n) is 10.8. The van der Waals surface area contributed by atoms with Crippen LogP contribution in [0.15, 0.2) is 66.7 Å². The highest BCUT2D eigenvalue weighted by atomic mass is 16.5. The topological polar surface area (TPSA) is 32.8 Å². The lowest BCUT2D eigenvalue weighted by atomic mass is 10.0. The van der Waals surface area contributed by atoms with Gasteiger partial charge >= 0.3 is 0 Å². The Morgan fingerprint density at radius 2 is 1.70 bits per heavy atom. The molecule has 1 aliphatic heterocycles. The van der Waals surface area contributed by atoms with Crippen LogP contribution in [0, 0.1) is 0 Å². The second-order valence-electron chi connectivity index (χ2n) is 8.00. The fourth-order valence-corrected chi connectivity index (χ4v) is 4.25. The van der Waals surface area contributed by atoms with E-state index in [1.165, 1.54) is 21.9 Å². The number of nitrogens with zero attached hydrogens (tertiary/aromatic N) is 2. The monoisotopic (exact) mass is 402 g/mol. The summed E-state index contributed by atoms with van der Waals surface area (Å²) in [4.78, 5) is 17.3. The molecule has 0 N–H and O–H groups in total. The van der Waals surface area contributed by atoms with Gasteiger partial charge in [0.05, 0.1) is 7.11 Å². The molecule has 0 spiro atoms. The highest BCUT2D eigenvalue weighted by molar-refractivity contribution is 5.85. The van der Waals surface area contributed by atoms with Crippen LogP contribution in [0.2, 0.25) is 0 Å². The van der Waals surface area contributed by atoms with Crippen molar-refractivity contribution in [3.05, 3.63) is 77.9 Å². The minimum absolute atomic E-state index is 0.262. The lowest BCUT2D eigenvalue weighted by molar-refractivity contribution is -0.131. The minimum atomic E-state index is 0.262. The second-order valence-corrected chi connectivity index (χ2v) is 8.00. The van der Waals surface area contributed by atoms with Gasteiger partial charge in [0.15, 0.2) is 0 Å². The molecule has 0 saturated carbocycles. The molecule has 0 radical (unpaired) electrons. The van der Waals surface area contributed by atoms with E-state index in [9.17, 15) is 4.79 Å². The molecule has 1 fully saturated rings. The molecule has 1 saturated heterocycles. The lowest BCUT2D eigenvalue weighted by Crippen LogP contribution is -2.35. The van der Waals surface area contributed by atoms with Gasteiger partial charge in [-0.15, -0.1) is 0 Å². The van der Waals surface area contributed by atoms with E-state index in [0.717, 1.165) is 51.3 Å². The first kappa shape index (κ1) is 20.4. The fraction of sp³-hybridized carbons (Fsp3) is 0.346. The standard InChI is InChI=1S/C26H30N2O2/c1-30-24-13-10-21(11-14-24)12-15-26(29)28-17-5-16-27(18-19-28)20-23-8-4-7-22-6-2-3-9-25(22)23/h2-4,6-11,13-14H,5,12,15-20H2,1H3. The third kappa shape index (κ3) is 5.00. The quantitative estimate of drug-likeness (QED) is 0.608. The molecule has 3 aromatic carbocycles. The van der Waals surface area contributed by atoms with Crippen LogP contribution in [-0.4, -0.2) is 49.0 Å². The van der Waals surface area contributed by atoms with Crippen LogP contribution in [0.1, 0.15) is 24.0 Å². The van der Waals surface area contributed by atoms with Crippen molar-refractivity contribution in [2.75, 3.05) is 33.3 Å². The van der Waals surface area contributed by atoms with E-state index in [1.807, 2.05) is 29.2 Å². The Kier molecular flexibility index (Phi) is 6.65. The smallest absolute Gasteiger partial charge is 0.222 e. The van der Waals surface area contributed by atoms with Crippen LogP contribution in [0.25, 0.3) is 10.8 Å². The van der Waals surface area contributed by atoms with Crippen LogP contribution in [0.5, 0.6) is 5.75 Å². The Balaban J connectivity index is 1.31. The van der Waals surface area contributed by atoms with Gasteiger partial charge in [-0.05, 0) is 46.9 Å². The van der Waals surface area contributed by atoms with E-state index in [4.69, 9.17) is 4.74 Å². The summed E-state index contributed by atoms with van der Waals surface area (Å²) in [7, 11) is 1.67. The Hall–Kier alpha value is -2.85. The normalized spacial score (nSPS) is 15.2. The Labute approximate surface area is 179 Å². The summed E-state index contributed by atoms with van der Waals surface area (Å²) in [5.74, 6) is 1.11. The zero-order chi connectivity index (χ0) is 20.8. The maximum Gasteiger partial charge on any atom is 0.222 e. The molecule has 4 rings (SSSR count). The van der Waals surface area contributed by atoms with Crippen molar-refractivity contribution < 1.29 is 9.53 Å². The molecule has 0 atom stereocenters. The summed E-state index contributed by atoms with van der Waals surface area (Å²) in [6.45, 7) is 4.57. The van der Waals surface area contributed by atoms with Gasteiger partial charge in [0, 0.05) is 39.1 Å². The van der Waals surface area contributed by atoms with Crippen molar-refractivity contribution in [2.45, 2.75) is 25.8 Å². The van der Waals surface area contributed by atoms with Crippen LogP contribution >= 0.6 is 0 Å². The van der Waals surface area contributed by atoms with Gasteiger partial charge in [0.25, 0.3) is 0 Å². The predicted molar refractivity (Wildman–Crippen MR) is 122 cm³/mol. The lowest BCUT2D eigenvalue weighted by Gasteiger charge is -2.22. The van der Waals surface area contributed by atoms with Crippen molar-refractivity contribution in [3.8, 4) is 5.75 Å². The SMILES string of the molecule is COc1ccc(CCC(=O)N2CCCN(Cc3cccc4ccccc34)CC2)cc1. The average Bonchev–Trinajstić information content (AvgIpc) is 3.04. The van der Waals surface area contributed by atoms with Gasteiger partial charge in [-0.25, -0.2) is 0 Å². The number of benzene rings is 3. The number of hydrogen-bond donors (Lipinski definition) is 0. The zero-order valence-electron chi connectivity index (χ0n) is 17.7. The highest BCUT2D eigenvalue weighted by Gasteiger charge is 2.19. The number of fused-ring (bicyclic) bond motifs is 1. The van der Waals surface area contributed by atoms with Crippen molar-refractivity contribution in [2.24, 2.45) is 0 Å². The number of hydrogen-bond acceptors (Lipinski definition) is 3. The first-order chi connectivity index (χ1) is 14.7. The number of ether oxygens (including phenoxy) is 1. The van der Waals surface area contributed by atoms with Gasteiger partial charge in [0.2, 0.25) is 5.91 Å². The summed E-state index contributed by atoms with van der Waals surface area (Å²) >= 11 is 0. The third-order valence-corrected chi connectivity index (χ3v) is 6.00.